The molecule has 7 heteroatoms. The van der Waals surface area contributed by atoms with Crippen LogP contribution in [-0.4, -0.2) is 44.1 Å². The first kappa shape index (κ1) is 19.1. The molecule has 27 heavy (non-hydrogen) atoms. The van der Waals surface area contributed by atoms with Gasteiger partial charge < -0.3 is 19.5 Å². The zero-order valence-electron chi connectivity index (χ0n) is 15.7. The second-order valence-corrected chi connectivity index (χ2v) is 7.04. The molecule has 2 aromatic rings. The smallest absolute Gasteiger partial charge is 0.250 e. The van der Waals surface area contributed by atoms with Crippen LogP contribution in [0.25, 0.3) is 0 Å². The number of nitrogens with one attached hydrogen (secondary N) is 1. The molecule has 0 aromatic heterocycles. The third kappa shape index (κ3) is 4.19. The average molecular weight is 386 g/mol. The van der Waals surface area contributed by atoms with E-state index in [1.807, 2.05) is 31.2 Å². The minimum absolute atomic E-state index is 0.168. The Morgan fingerprint density at radius 3 is 2.26 bits per heavy atom. The van der Waals surface area contributed by atoms with Crippen LogP contribution in [-0.2, 0) is 4.79 Å². The highest BCUT2D eigenvalue weighted by Gasteiger charge is 2.26. The topological polar surface area (TPSA) is 69.2 Å². The molecule has 0 aliphatic carbocycles. The molecule has 0 bridgehead atoms. The molecule has 0 radical (unpaired) electrons. The molecular formula is C20H22N2O4S. The number of carbonyl (C=O) groups excluding carboxylic acids is 1. The summed E-state index contributed by atoms with van der Waals surface area (Å²) in [6.07, 6.45) is 0. The summed E-state index contributed by atoms with van der Waals surface area (Å²) < 4.78 is 15.9. The number of nitrogens with zero attached hydrogens (tertiary/aromatic N) is 1. The van der Waals surface area contributed by atoms with Crippen LogP contribution in [0.5, 0.6) is 17.2 Å². The number of benzene rings is 2. The number of amides is 1. The fourth-order valence-electron chi connectivity index (χ4n) is 2.74. The normalized spacial score (nSPS) is 15.9. The largest absolute Gasteiger partial charge is 0.493 e. The molecule has 0 spiro atoms. The zero-order chi connectivity index (χ0) is 19.4. The Morgan fingerprint density at radius 2 is 1.70 bits per heavy atom. The van der Waals surface area contributed by atoms with Crippen LogP contribution in [0.1, 0.15) is 11.1 Å². The van der Waals surface area contributed by atoms with Crippen molar-refractivity contribution >= 4 is 28.4 Å². The Kier molecular flexibility index (Phi) is 5.91. The van der Waals surface area contributed by atoms with Gasteiger partial charge in [-0.15, -0.1) is 11.8 Å². The highest BCUT2D eigenvalue weighted by atomic mass is 32.2. The summed E-state index contributed by atoms with van der Waals surface area (Å²) in [5.74, 6) is 1.89. The van der Waals surface area contributed by atoms with Gasteiger partial charge in [0.1, 0.15) is 6.04 Å². The van der Waals surface area contributed by atoms with E-state index in [4.69, 9.17) is 14.2 Å². The Labute approximate surface area is 162 Å². The van der Waals surface area contributed by atoms with Crippen molar-refractivity contribution < 1.29 is 19.0 Å². The lowest BCUT2D eigenvalue weighted by Crippen LogP contribution is -2.26. The lowest BCUT2D eigenvalue weighted by molar-refractivity contribution is -0.116. The highest BCUT2D eigenvalue weighted by molar-refractivity contribution is 8.14. The van der Waals surface area contributed by atoms with E-state index < -0.39 is 6.04 Å². The molecule has 1 amide bonds. The maximum absolute atomic E-state index is 12.7. The molecule has 0 saturated heterocycles. The zero-order valence-corrected chi connectivity index (χ0v) is 16.6. The molecule has 3 rings (SSSR count). The number of ether oxygens (including phenoxy) is 3. The van der Waals surface area contributed by atoms with Gasteiger partial charge in [0.05, 0.1) is 26.4 Å². The first-order valence-corrected chi connectivity index (χ1v) is 9.42. The van der Waals surface area contributed by atoms with Crippen molar-refractivity contribution in [2.45, 2.75) is 13.0 Å². The Bertz CT molecular complexity index is 840. The van der Waals surface area contributed by atoms with Crippen molar-refractivity contribution in [2.24, 2.45) is 4.99 Å². The van der Waals surface area contributed by atoms with Crippen LogP contribution >= 0.6 is 11.8 Å². The number of aliphatic imine (C=N–C) groups is 1. The quantitative estimate of drug-likeness (QED) is 0.823. The van der Waals surface area contributed by atoms with Crippen molar-refractivity contribution in [1.82, 2.24) is 0 Å². The number of aryl methyl sites for hydroxylation is 1. The van der Waals surface area contributed by atoms with Gasteiger partial charge in [-0.25, -0.2) is 0 Å². The molecule has 1 atom stereocenters. The van der Waals surface area contributed by atoms with E-state index in [0.717, 1.165) is 10.6 Å². The summed E-state index contributed by atoms with van der Waals surface area (Å²) >= 11 is 1.59. The molecule has 0 unspecified atom stereocenters. The lowest BCUT2D eigenvalue weighted by atomic mass is 10.2. The minimum atomic E-state index is -0.439. The van der Waals surface area contributed by atoms with E-state index in [1.54, 1.807) is 23.9 Å². The van der Waals surface area contributed by atoms with Crippen molar-refractivity contribution in [2.75, 3.05) is 32.4 Å². The minimum Gasteiger partial charge on any atom is -0.493 e. The molecule has 0 fully saturated rings. The van der Waals surface area contributed by atoms with E-state index in [-0.39, 0.29) is 5.91 Å². The number of rotatable bonds is 6. The molecule has 0 saturated carbocycles. The predicted molar refractivity (Wildman–Crippen MR) is 109 cm³/mol. The number of anilines is 1. The van der Waals surface area contributed by atoms with Gasteiger partial charge in [0, 0.05) is 29.1 Å². The molecule has 1 heterocycles. The van der Waals surface area contributed by atoms with Gasteiger partial charge in [-0.3, -0.25) is 9.79 Å². The van der Waals surface area contributed by atoms with E-state index in [2.05, 4.69) is 10.3 Å². The van der Waals surface area contributed by atoms with Crippen LogP contribution in [0.3, 0.4) is 0 Å². The Balaban J connectivity index is 1.77. The van der Waals surface area contributed by atoms with E-state index in [1.165, 1.54) is 26.9 Å². The third-order valence-electron chi connectivity index (χ3n) is 4.18. The monoisotopic (exact) mass is 386 g/mol. The Morgan fingerprint density at radius 1 is 1.07 bits per heavy atom. The van der Waals surface area contributed by atoms with Crippen LogP contribution in [0.2, 0.25) is 0 Å². The fourth-order valence-corrected chi connectivity index (χ4v) is 3.79. The second kappa shape index (κ2) is 8.35. The molecule has 142 valence electrons. The first-order chi connectivity index (χ1) is 13.0. The van der Waals surface area contributed by atoms with Crippen molar-refractivity contribution in [1.29, 1.82) is 0 Å². The van der Waals surface area contributed by atoms with Gasteiger partial charge in [-0.1, -0.05) is 29.8 Å². The summed E-state index contributed by atoms with van der Waals surface area (Å²) in [4.78, 5) is 17.2. The van der Waals surface area contributed by atoms with Crippen LogP contribution in [0.4, 0.5) is 5.69 Å². The van der Waals surface area contributed by atoms with Gasteiger partial charge >= 0.3 is 0 Å². The lowest BCUT2D eigenvalue weighted by Gasteiger charge is -2.15. The maximum Gasteiger partial charge on any atom is 0.250 e. The molecule has 2 aromatic carbocycles. The van der Waals surface area contributed by atoms with Gasteiger partial charge in [-0.05, 0) is 6.92 Å². The summed E-state index contributed by atoms with van der Waals surface area (Å²) in [5, 5.41) is 3.78. The third-order valence-corrected chi connectivity index (χ3v) is 5.28. The van der Waals surface area contributed by atoms with Gasteiger partial charge in [-0.2, -0.15) is 0 Å². The summed E-state index contributed by atoms with van der Waals surface area (Å²) in [7, 11) is 4.61. The van der Waals surface area contributed by atoms with Gasteiger partial charge in [0.2, 0.25) is 11.7 Å². The number of carbonyl (C=O) groups is 1. The predicted octanol–water partition coefficient (Wildman–Crippen LogP) is 3.52. The highest BCUT2D eigenvalue weighted by Crippen LogP contribution is 2.40. The van der Waals surface area contributed by atoms with Crippen LogP contribution in [0.15, 0.2) is 41.4 Å². The number of thioether (sulfide) groups is 1. The summed E-state index contributed by atoms with van der Waals surface area (Å²) in [5.41, 5.74) is 2.80. The number of hydrogen-bond acceptors (Lipinski definition) is 6. The van der Waals surface area contributed by atoms with Gasteiger partial charge in [0.25, 0.3) is 0 Å². The number of methoxy groups -OCH3 is 3. The Hall–Kier alpha value is -2.67. The average Bonchev–Trinajstić information content (AvgIpc) is 3.18. The second-order valence-electron chi connectivity index (χ2n) is 6.03. The summed E-state index contributed by atoms with van der Waals surface area (Å²) in [6, 6.07) is 11.1. The van der Waals surface area contributed by atoms with E-state index >= 15 is 0 Å². The maximum atomic E-state index is 12.7. The SMILES string of the molecule is COc1cc(NC(=O)[C@@H]2CSC(c3ccc(C)cc3)=N2)cc(OC)c1OC. The summed E-state index contributed by atoms with van der Waals surface area (Å²) in [6.45, 7) is 2.04. The van der Waals surface area contributed by atoms with Crippen molar-refractivity contribution in [3.05, 3.63) is 47.5 Å². The molecular weight excluding hydrogens is 364 g/mol. The van der Waals surface area contributed by atoms with Gasteiger partial charge in [0.15, 0.2) is 11.5 Å². The van der Waals surface area contributed by atoms with E-state index in [0.29, 0.717) is 28.7 Å². The first-order valence-electron chi connectivity index (χ1n) is 8.44. The standard InChI is InChI=1S/C20H22N2O4S/c1-12-5-7-13(8-6-12)20-22-15(11-27-20)19(23)21-14-9-16(24-2)18(26-4)17(10-14)25-3/h5-10,15H,11H2,1-4H3,(H,21,23)/t15-/m0/s1. The van der Waals surface area contributed by atoms with Crippen molar-refractivity contribution in [3.63, 3.8) is 0 Å². The van der Waals surface area contributed by atoms with Crippen molar-refractivity contribution in [3.8, 4) is 17.2 Å². The fraction of sp³-hybridized carbons (Fsp3) is 0.300. The molecule has 6 nitrogen and oxygen atoms in total. The molecule has 1 aliphatic rings. The molecule has 1 N–H and O–H groups in total. The van der Waals surface area contributed by atoms with E-state index in [9.17, 15) is 4.79 Å². The van der Waals surface area contributed by atoms with Crippen LogP contribution in [0, 0.1) is 6.92 Å². The molecule has 1 aliphatic heterocycles. The number of hydrogen-bond donors (Lipinski definition) is 1. The van der Waals surface area contributed by atoms with Crippen LogP contribution < -0.4 is 19.5 Å².